The molecule has 1 aromatic carbocycles. The summed E-state index contributed by atoms with van der Waals surface area (Å²) in [4.78, 5) is 0. The molecule has 1 atom stereocenters. The molecule has 1 aromatic heterocycles. The predicted octanol–water partition coefficient (Wildman–Crippen LogP) is 4.05. The summed E-state index contributed by atoms with van der Waals surface area (Å²) in [5.74, 6) is 0. The fourth-order valence-electron chi connectivity index (χ4n) is 1.86. The Labute approximate surface area is 112 Å². The Balaban J connectivity index is 1.96. The van der Waals surface area contributed by atoms with Gasteiger partial charge in [0.25, 0.3) is 0 Å². The number of aryl methyl sites for hydroxylation is 1. The fraction of sp³-hybridized carbons (Fsp3) is 0.429. The van der Waals surface area contributed by atoms with Crippen molar-refractivity contribution >= 4 is 16.5 Å². The van der Waals surface area contributed by atoms with Crippen molar-refractivity contribution in [2.45, 2.75) is 39.2 Å². The van der Waals surface area contributed by atoms with Crippen LogP contribution in [0.3, 0.4) is 0 Å². The van der Waals surface area contributed by atoms with E-state index >= 15 is 0 Å². The largest absolute Gasteiger partial charge is 0.354 e. The van der Waals surface area contributed by atoms with Gasteiger partial charge in [0, 0.05) is 0 Å². The van der Waals surface area contributed by atoms with E-state index in [1.54, 1.807) is 5.51 Å². The smallest absolute Gasteiger partial charge is 0.205 e. The van der Waals surface area contributed by atoms with E-state index in [2.05, 4.69) is 53.6 Å². The maximum absolute atomic E-state index is 4.00. The molecule has 1 heterocycles. The van der Waals surface area contributed by atoms with Crippen LogP contribution in [-0.4, -0.2) is 10.2 Å². The second-order valence-electron chi connectivity index (χ2n) is 4.46. The van der Waals surface area contributed by atoms with Crippen LogP contribution in [0.4, 0.5) is 5.13 Å². The maximum Gasteiger partial charge on any atom is 0.205 e. The molecule has 0 spiro atoms. The highest BCUT2D eigenvalue weighted by atomic mass is 32.1. The zero-order valence-electron chi connectivity index (χ0n) is 10.9. The van der Waals surface area contributed by atoms with Crippen LogP contribution in [0.1, 0.15) is 43.9 Å². The van der Waals surface area contributed by atoms with E-state index in [9.17, 15) is 0 Å². The number of nitrogens with zero attached hydrogens (tertiary/aromatic N) is 2. The minimum atomic E-state index is 0.262. The molecular weight excluding hydrogens is 242 g/mol. The molecule has 0 saturated carbocycles. The number of hydrogen-bond acceptors (Lipinski definition) is 4. The molecule has 4 heteroatoms. The highest BCUT2D eigenvalue weighted by Crippen LogP contribution is 2.20. The van der Waals surface area contributed by atoms with Crippen molar-refractivity contribution in [3.63, 3.8) is 0 Å². The second-order valence-corrected chi connectivity index (χ2v) is 5.29. The first-order valence-electron chi connectivity index (χ1n) is 6.41. The Morgan fingerprint density at radius 2 is 2.06 bits per heavy atom. The average Bonchev–Trinajstić information content (AvgIpc) is 2.89. The molecule has 0 aliphatic rings. The van der Waals surface area contributed by atoms with E-state index in [0.29, 0.717) is 0 Å². The molecule has 0 radical (unpaired) electrons. The Morgan fingerprint density at radius 1 is 1.28 bits per heavy atom. The van der Waals surface area contributed by atoms with Crippen molar-refractivity contribution in [2.75, 3.05) is 5.32 Å². The Morgan fingerprint density at radius 3 is 2.67 bits per heavy atom. The van der Waals surface area contributed by atoms with Gasteiger partial charge in [-0.05, 0) is 30.9 Å². The number of benzene rings is 1. The molecule has 0 saturated heterocycles. The standard InChI is InChI=1S/C14H19N3S/c1-3-4-5-12-6-8-13(9-7-12)11(2)16-14-17-15-10-18-14/h6-11H,3-5H2,1-2H3,(H,16,17). The van der Waals surface area contributed by atoms with Gasteiger partial charge >= 0.3 is 0 Å². The molecule has 96 valence electrons. The first-order chi connectivity index (χ1) is 8.79. The Hall–Kier alpha value is -1.42. The van der Waals surface area contributed by atoms with Crippen molar-refractivity contribution in [3.05, 3.63) is 40.9 Å². The second kappa shape index (κ2) is 6.50. The molecule has 1 unspecified atom stereocenters. The minimum absolute atomic E-state index is 0.262. The van der Waals surface area contributed by atoms with Crippen LogP contribution in [0.25, 0.3) is 0 Å². The highest BCUT2D eigenvalue weighted by Gasteiger charge is 2.06. The van der Waals surface area contributed by atoms with Crippen LogP contribution in [-0.2, 0) is 6.42 Å². The number of anilines is 1. The summed E-state index contributed by atoms with van der Waals surface area (Å²) in [5.41, 5.74) is 4.44. The predicted molar refractivity (Wildman–Crippen MR) is 77.0 cm³/mol. The number of unbranched alkanes of at least 4 members (excludes halogenated alkanes) is 1. The third kappa shape index (κ3) is 3.53. The van der Waals surface area contributed by atoms with Gasteiger partial charge in [-0.3, -0.25) is 0 Å². The molecule has 18 heavy (non-hydrogen) atoms. The molecule has 3 nitrogen and oxygen atoms in total. The van der Waals surface area contributed by atoms with E-state index in [1.165, 1.54) is 41.7 Å². The summed E-state index contributed by atoms with van der Waals surface area (Å²) in [7, 11) is 0. The summed E-state index contributed by atoms with van der Waals surface area (Å²) >= 11 is 1.53. The number of nitrogens with one attached hydrogen (secondary N) is 1. The van der Waals surface area contributed by atoms with E-state index in [4.69, 9.17) is 0 Å². The summed E-state index contributed by atoms with van der Waals surface area (Å²) in [6.45, 7) is 4.37. The molecular formula is C14H19N3S. The fourth-order valence-corrected chi connectivity index (χ4v) is 2.39. The van der Waals surface area contributed by atoms with Crippen LogP contribution in [0.5, 0.6) is 0 Å². The lowest BCUT2D eigenvalue weighted by molar-refractivity contribution is 0.793. The normalized spacial score (nSPS) is 12.3. The SMILES string of the molecule is CCCCc1ccc(C(C)Nc2nncs2)cc1. The lowest BCUT2D eigenvalue weighted by atomic mass is 10.0. The van der Waals surface area contributed by atoms with E-state index in [0.717, 1.165) is 5.13 Å². The van der Waals surface area contributed by atoms with Crippen molar-refractivity contribution < 1.29 is 0 Å². The van der Waals surface area contributed by atoms with E-state index in [-0.39, 0.29) is 6.04 Å². The summed E-state index contributed by atoms with van der Waals surface area (Å²) in [6, 6.07) is 9.11. The lowest BCUT2D eigenvalue weighted by Gasteiger charge is -2.13. The van der Waals surface area contributed by atoms with Gasteiger partial charge in [-0.15, -0.1) is 10.2 Å². The van der Waals surface area contributed by atoms with Crippen LogP contribution >= 0.6 is 11.3 Å². The van der Waals surface area contributed by atoms with E-state index in [1.807, 2.05) is 0 Å². The van der Waals surface area contributed by atoms with Crippen molar-refractivity contribution in [2.24, 2.45) is 0 Å². The van der Waals surface area contributed by atoms with Gasteiger partial charge in [0.15, 0.2) is 0 Å². The number of rotatable bonds is 6. The number of hydrogen-bond donors (Lipinski definition) is 1. The minimum Gasteiger partial charge on any atom is -0.354 e. The first-order valence-corrected chi connectivity index (χ1v) is 7.29. The van der Waals surface area contributed by atoms with Crippen LogP contribution in [0.2, 0.25) is 0 Å². The summed E-state index contributed by atoms with van der Waals surface area (Å²) in [5, 5.41) is 12.0. The summed E-state index contributed by atoms with van der Waals surface area (Å²) < 4.78 is 0. The Kier molecular flexibility index (Phi) is 4.70. The molecule has 1 N–H and O–H groups in total. The molecule has 2 aromatic rings. The zero-order valence-corrected chi connectivity index (χ0v) is 11.7. The average molecular weight is 261 g/mol. The molecule has 0 amide bonds. The van der Waals surface area contributed by atoms with Gasteiger partial charge in [0.05, 0.1) is 6.04 Å². The van der Waals surface area contributed by atoms with Gasteiger partial charge in [-0.1, -0.05) is 48.9 Å². The monoisotopic (exact) mass is 261 g/mol. The molecule has 0 aliphatic carbocycles. The Bertz CT molecular complexity index is 450. The third-order valence-electron chi connectivity index (χ3n) is 3.00. The van der Waals surface area contributed by atoms with Gasteiger partial charge in [0.2, 0.25) is 5.13 Å². The van der Waals surface area contributed by atoms with Crippen molar-refractivity contribution in [3.8, 4) is 0 Å². The number of aromatic nitrogens is 2. The quantitative estimate of drug-likeness (QED) is 0.852. The van der Waals surface area contributed by atoms with Gasteiger partial charge in [-0.25, -0.2) is 0 Å². The lowest BCUT2D eigenvalue weighted by Crippen LogP contribution is -2.06. The van der Waals surface area contributed by atoms with Crippen molar-refractivity contribution in [1.29, 1.82) is 0 Å². The van der Waals surface area contributed by atoms with Gasteiger partial charge in [0.1, 0.15) is 5.51 Å². The van der Waals surface area contributed by atoms with Crippen LogP contribution < -0.4 is 5.32 Å². The zero-order chi connectivity index (χ0) is 12.8. The molecule has 2 rings (SSSR count). The molecule has 0 aliphatic heterocycles. The van der Waals surface area contributed by atoms with Crippen LogP contribution in [0, 0.1) is 0 Å². The third-order valence-corrected chi connectivity index (χ3v) is 3.62. The van der Waals surface area contributed by atoms with Crippen LogP contribution in [0.15, 0.2) is 29.8 Å². The van der Waals surface area contributed by atoms with E-state index < -0.39 is 0 Å². The first kappa shape index (κ1) is 13.0. The highest BCUT2D eigenvalue weighted by molar-refractivity contribution is 7.13. The molecule has 0 fully saturated rings. The molecule has 0 bridgehead atoms. The topological polar surface area (TPSA) is 37.8 Å². The van der Waals surface area contributed by atoms with Gasteiger partial charge < -0.3 is 5.32 Å². The van der Waals surface area contributed by atoms with Crippen molar-refractivity contribution in [1.82, 2.24) is 10.2 Å². The van der Waals surface area contributed by atoms with Gasteiger partial charge in [-0.2, -0.15) is 0 Å². The summed E-state index contributed by atoms with van der Waals surface area (Å²) in [6.07, 6.45) is 3.68. The maximum atomic E-state index is 4.00.